The molecule has 0 radical (unpaired) electrons. The summed E-state index contributed by atoms with van der Waals surface area (Å²) in [5.74, 6) is 0.199. The first-order valence-corrected chi connectivity index (χ1v) is 9.36. The third-order valence-electron chi connectivity index (χ3n) is 5.01. The summed E-state index contributed by atoms with van der Waals surface area (Å²) in [6.07, 6.45) is 0.409. The number of alkyl halides is 3. The Hall–Kier alpha value is -3.43. The minimum absolute atomic E-state index is 0.234. The van der Waals surface area contributed by atoms with Gasteiger partial charge in [0.2, 0.25) is 0 Å². The Kier molecular flexibility index (Phi) is 5.15. The number of aromatic hydroxyl groups is 1. The number of nitrogens with one attached hydrogen (secondary N) is 1. The van der Waals surface area contributed by atoms with Crippen LogP contribution in [0.25, 0.3) is 11.4 Å². The van der Waals surface area contributed by atoms with Gasteiger partial charge in [0.05, 0.1) is 5.56 Å². The molecule has 1 aliphatic heterocycles. The fourth-order valence-electron chi connectivity index (χ4n) is 3.52. The average Bonchev–Trinajstić information content (AvgIpc) is 3.02. The van der Waals surface area contributed by atoms with Crippen molar-refractivity contribution in [2.75, 3.05) is 0 Å². The monoisotopic (exact) mass is 417 g/mol. The second-order valence-corrected chi connectivity index (χ2v) is 7.10. The topological polar surface area (TPSA) is 92.9 Å². The van der Waals surface area contributed by atoms with Gasteiger partial charge >= 0.3 is 6.18 Å². The summed E-state index contributed by atoms with van der Waals surface area (Å²) in [5.41, 5.74) is -0.471. The number of phenols is 1. The number of nitrogens with zero attached hydrogens (tertiary/aromatic N) is 4. The highest BCUT2D eigenvalue weighted by atomic mass is 19.4. The summed E-state index contributed by atoms with van der Waals surface area (Å²) < 4.78 is 40.8. The van der Waals surface area contributed by atoms with Gasteiger partial charge in [-0.2, -0.15) is 13.2 Å². The molecule has 1 unspecified atom stereocenters. The zero-order valence-electron chi connectivity index (χ0n) is 15.7. The maximum atomic E-state index is 13.0. The van der Waals surface area contributed by atoms with Crippen molar-refractivity contribution in [1.29, 1.82) is 0 Å². The van der Waals surface area contributed by atoms with Gasteiger partial charge in [0.1, 0.15) is 11.6 Å². The van der Waals surface area contributed by atoms with E-state index >= 15 is 0 Å². The van der Waals surface area contributed by atoms with Crippen molar-refractivity contribution < 1.29 is 23.1 Å². The summed E-state index contributed by atoms with van der Waals surface area (Å²) in [6, 6.07) is 5.79. The molecule has 1 amide bonds. The van der Waals surface area contributed by atoms with E-state index in [4.69, 9.17) is 0 Å². The summed E-state index contributed by atoms with van der Waals surface area (Å²) in [7, 11) is 0. The highest BCUT2D eigenvalue weighted by molar-refractivity contribution is 5.95. The van der Waals surface area contributed by atoms with E-state index in [2.05, 4.69) is 20.5 Å². The molecule has 2 N–H and O–H groups in total. The molecule has 2 aromatic heterocycles. The molecule has 0 fully saturated rings. The van der Waals surface area contributed by atoms with E-state index in [1.807, 2.05) is 10.6 Å². The normalized spacial score (nSPS) is 16.6. The number of aromatic nitrogens is 4. The maximum absolute atomic E-state index is 13.0. The number of halogens is 3. The Balaban J connectivity index is 1.48. The first-order chi connectivity index (χ1) is 14.3. The molecule has 1 aromatic carbocycles. The van der Waals surface area contributed by atoms with Crippen molar-refractivity contribution in [2.45, 2.75) is 38.0 Å². The van der Waals surface area contributed by atoms with E-state index < -0.39 is 23.4 Å². The molecule has 0 bridgehead atoms. The van der Waals surface area contributed by atoms with Gasteiger partial charge in [-0.3, -0.25) is 9.78 Å². The Morgan fingerprint density at radius 2 is 2.03 bits per heavy atom. The van der Waals surface area contributed by atoms with Crippen LogP contribution in [0, 0.1) is 0 Å². The van der Waals surface area contributed by atoms with Crippen molar-refractivity contribution >= 4 is 5.91 Å². The van der Waals surface area contributed by atoms with Crippen LogP contribution in [-0.2, 0) is 19.1 Å². The predicted molar refractivity (Wildman–Crippen MR) is 101 cm³/mol. The molecule has 0 saturated heterocycles. The molecule has 10 heteroatoms. The molecule has 3 aromatic rings. The SMILES string of the molecule is O=C(NC1CCc2nnc(-c3cccnc3)n2CC1)c1cc(O)cc(C(F)(F)F)c1. The van der Waals surface area contributed by atoms with Crippen LogP contribution < -0.4 is 5.32 Å². The Morgan fingerprint density at radius 3 is 2.77 bits per heavy atom. The molecule has 1 atom stereocenters. The second-order valence-electron chi connectivity index (χ2n) is 7.10. The molecule has 4 rings (SSSR count). The second kappa shape index (κ2) is 7.77. The number of carbonyl (C=O) groups is 1. The zero-order valence-corrected chi connectivity index (χ0v) is 15.7. The number of hydrogen-bond acceptors (Lipinski definition) is 5. The van der Waals surface area contributed by atoms with E-state index in [-0.39, 0.29) is 11.6 Å². The van der Waals surface area contributed by atoms with Gasteiger partial charge in [0.25, 0.3) is 5.91 Å². The van der Waals surface area contributed by atoms with E-state index in [0.717, 1.165) is 23.5 Å². The van der Waals surface area contributed by atoms with Crippen LogP contribution >= 0.6 is 0 Å². The molecule has 7 nitrogen and oxygen atoms in total. The summed E-state index contributed by atoms with van der Waals surface area (Å²) >= 11 is 0. The third-order valence-corrected chi connectivity index (χ3v) is 5.01. The Labute approximate surface area is 169 Å². The van der Waals surface area contributed by atoms with Crippen molar-refractivity contribution in [1.82, 2.24) is 25.1 Å². The first kappa shape index (κ1) is 19.9. The first-order valence-electron chi connectivity index (χ1n) is 9.36. The van der Waals surface area contributed by atoms with Crippen molar-refractivity contribution in [3.05, 3.63) is 59.7 Å². The fraction of sp³-hybridized carbons (Fsp3) is 0.300. The standard InChI is InChI=1S/C20H18F3N5O2/c21-20(22,23)14-8-13(9-16(29)10-14)19(30)25-15-3-4-17-26-27-18(28(17)7-5-15)12-2-1-6-24-11-12/h1-2,6,8-11,15,29H,3-5,7H2,(H,25,30). The van der Waals surface area contributed by atoms with E-state index in [1.54, 1.807) is 18.5 Å². The zero-order chi connectivity index (χ0) is 21.3. The van der Waals surface area contributed by atoms with Gasteiger partial charge in [-0.25, -0.2) is 0 Å². The molecular weight excluding hydrogens is 399 g/mol. The van der Waals surface area contributed by atoms with Crippen molar-refractivity contribution in [3.63, 3.8) is 0 Å². The summed E-state index contributed by atoms with van der Waals surface area (Å²) in [4.78, 5) is 16.6. The van der Waals surface area contributed by atoms with Gasteiger partial charge in [-0.15, -0.1) is 10.2 Å². The number of carbonyl (C=O) groups excluding carboxylic acids is 1. The summed E-state index contributed by atoms with van der Waals surface area (Å²) in [5, 5.41) is 20.8. The molecule has 0 saturated carbocycles. The van der Waals surface area contributed by atoms with Gasteiger partial charge in [0, 0.05) is 42.5 Å². The van der Waals surface area contributed by atoms with Gasteiger partial charge in [0.15, 0.2) is 5.82 Å². The van der Waals surface area contributed by atoms with Crippen molar-refractivity contribution in [2.24, 2.45) is 0 Å². The van der Waals surface area contributed by atoms with Crippen LogP contribution in [0.2, 0.25) is 0 Å². The molecule has 0 aliphatic carbocycles. The Bertz CT molecular complexity index is 1070. The highest BCUT2D eigenvalue weighted by Crippen LogP contribution is 2.32. The molecule has 156 valence electrons. The average molecular weight is 417 g/mol. The van der Waals surface area contributed by atoms with Crippen LogP contribution in [0.4, 0.5) is 13.2 Å². The molecule has 3 heterocycles. The lowest BCUT2D eigenvalue weighted by atomic mass is 10.1. The number of amides is 1. The fourth-order valence-corrected chi connectivity index (χ4v) is 3.52. The number of hydrogen-bond donors (Lipinski definition) is 2. The number of fused-ring (bicyclic) bond motifs is 1. The van der Waals surface area contributed by atoms with E-state index in [1.165, 1.54) is 0 Å². The molecular formula is C20H18F3N5O2. The number of phenolic OH excluding ortho intramolecular Hbond substituents is 1. The number of aryl methyl sites for hydroxylation is 1. The van der Waals surface area contributed by atoms with Crippen LogP contribution in [0.3, 0.4) is 0 Å². The largest absolute Gasteiger partial charge is 0.508 e. The van der Waals surface area contributed by atoms with Crippen LogP contribution in [0.1, 0.15) is 34.6 Å². The summed E-state index contributed by atoms with van der Waals surface area (Å²) in [6.45, 7) is 0.547. The smallest absolute Gasteiger partial charge is 0.416 e. The van der Waals surface area contributed by atoms with Gasteiger partial charge in [-0.1, -0.05) is 0 Å². The van der Waals surface area contributed by atoms with Gasteiger partial charge in [-0.05, 0) is 43.2 Å². The maximum Gasteiger partial charge on any atom is 0.416 e. The molecule has 1 aliphatic rings. The van der Waals surface area contributed by atoms with Gasteiger partial charge < -0.3 is 15.0 Å². The lowest BCUT2D eigenvalue weighted by Crippen LogP contribution is -2.35. The highest BCUT2D eigenvalue weighted by Gasteiger charge is 2.32. The van der Waals surface area contributed by atoms with Crippen molar-refractivity contribution in [3.8, 4) is 17.1 Å². The number of rotatable bonds is 3. The number of benzene rings is 1. The quantitative estimate of drug-likeness (QED) is 0.683. The number of pyridine rings is 1. The molecule has 0 spiro atoms. The lowest BCUT2D eigenvalue weighted by Gasteiger charge is -2.17. The van der Waals surface area contributed by atoms with E-state index in [0.29, 0.717) is 37.7 Å². The van der Waals surface area contributed by atoms with E-state index in [9.17, 15) is 23.1 Å². The molecule has 30 heavy (non-hydrogen) atoms. The minimum atomic E-state index is -4.65. The van der Waals surface area contributed by atoms with Crippen LogP contribution in [0.15, 0.2) is 42.7 Å². The Morgan fingerprint density at radius 1 is 1.20 bits per heavy atom. The van der Waals surface area contributed by atoms with Crippen LogP contribution in [-0.4, -0.2) is 36.8 Å². The predicted octanol–water partition coefficient (Wildman–Crippen LogP) is 3.20. The lowest BCUT2D eigenvalue weighted by molar-refractivity contribution is -0.137. The third kappa shape index (κ3) is 4.12. The minimum Gasteiger partial charge on any atom is -0.508 e. The van der Waals surface area contributed by atoms with Crippen LogP contribution in [0.5, 0.6) is 5.75 Å².